The van der Waals surface area contributed by atoms with Crippen molar-refractivity contribution in [2.45, 2.75) is 19.9 Å². The first kappa shape index (κ1) is 17.9. The van der Waals surface area contributed by atoms with E-state index in [1.54, 1.807) is 18.4 Å². The van der Waals surface area contributed by atoms with Gasteiger partial charge in [-0.2, -0.15) is 11.3 Å². The molecule has 120 valence electrons. The fourth-order valence-electron chi connectivity index (χ4n) is 1.85. The Morgan fingerprint density at radius 1 is 1.38 bits per heavy atom. The molecule has 0 aliphatic heterocycles. The van der Waals surface area contributed by atoms with Gasteiger partial charge in [0.2, 0.25) is 0 Å². The van der Waals surface area contributed by atoms with E-state index in [9.17, 15) is 0 Å². The van der Waals surface area contributed by atoms with E-state index in [0.717, 1.165) is 51.7 Å². The Hall–Kier alpha value is -1.11. The second-order valence-electron chi connectivity index (χ2n) is 4.90. The van der Waals surface area contributed by atoms with Gasteiger partial charge >= 0.3 is 0 Å². The van der Waals surface area contributed by atoms with Crippen LogP contribution in [0.25, 0.3) is 0 Å². The van der Waals surface area contributed by atoms with Crippen LogP contribution in [0.15, 0.2) is 21.8 Å². The summed E-state index contributed by atoms with van der Waals surface area (Å²) >= 11 is 1.71. The number of likely N-dealkylation sites (N-methyl/N-ethyl adjacent to an activating group) is 1. The fourth-order valence-corrected chi connectivity index (χ4v) is 2.51. The van der Waals surface area contributed by atoms with Crippen molar-refractivity contribution in [3.05, 3.63) is 22.4 Å². The average Bonchev–Trinajstić information content (AvgIpc) is 2.98. The van der Waals surface area contributed by atoms with Gasteiger partial charge in [-0.1, -0.05) is 0 Å². The number of hydrogen-bond acceptors (Lipinski definition) is 4. The van der Waals surface area contributed by atoms with Crippen LogP contribution >= 0.6 is 11.3 Å². The predicted molar refractivity (Wildman–Crippen MR) is 91.1 cm³/mol. The van der Waals surface area contributed by atoms with Gasteiger partial charge in [-0.05, 0) is 42.8 Å². The minimum absolute atomic E-state index is 0.725. The maximum atomic E-state index is 5.06. The monoisotopic (exact) mass is 312 g/mol. The predicted octanol–water partition coefficient (Wildman–Crippen LogP) is 1.77. The van der Waals surface area contributed by atoms with E-state index < -0.39 is 0 Å². The van der Waals surface area contributed by atoms with Gasteiger partial charge in [0.1, 0.15) is 0 Å². The molecular formula is C15H28N4OS. The molecule has 1 aromatic heterocycles. The molecule has 0 spiro atoms. The van der Waals surface area contributed by atoms with Crippen LogP contribution in [0.4, 0.5) is 0 Å². The largest absolute Gasteiger partial charge is 0.385 e. The maximum Gasteiger partial charge on any atom is 0.191 e. The van der Waals surface area contributed by atoms with Crippen molar-refractivity contribution in [1.82, 2.24) is 15.5 Å². The Balaban J connectivity index is 2.25. The molecule has 0 saturated heterocycles. The molecule has 6 heteroatoms. The summed E-state index contributed by atoms with van der Waals surface area (Å²) in [6, 6.07) is 2.11. The van der Waals surface area contributed by atoms with E-state index in [-0.39, 0.29) is 0 Å². The third-order valence-electron chi connectivity index (χ3n) is 3.02. The van der Waals surface area contributed by atoms with Crippen LogP contribution in [0.5, 0.6) is 0 Å². The lowest BCUT2D eigenvalue weighted by atomic mass is 10.3. The second kappa shape index (κ2) is 11.5. The number of hydrogen-bond donors (Lipinski definition) is 2. The lowest BCUT2D eigenvalue weighted by Crippen LogP contribution is -2.41. The first-order chi connectivity index (χ1) is 10.3. The molecule has 0 aromatic carbocycles. The third-order valence-corrected chi connectivity index (χ3v) is 3.75. The number of ether oxygens (including phenoxy) is 1. The van der Waals surface area contributed by atoms with Crippen LogP contribution in [-0.2, 0) is 11.3 Å². The minimum atomic E-state index is 0.725. The topological polar surface area (TPSA) is 48.9 Å². The molecule has 0 amide bonds. The Bertz CT molecular complexity index is 381. The van der Waals surface area contributed by atoms with Crippen molar-refractivity contribution in [1.29, 1.82) is 0 Å². The minimum Gasteiger partial charge on any atom is -0.385 e. The lowest BCUT2D eigenvalue weighted by Gasteiger charge is -2.18. The number of nitrogens with zero attached hydrogens (tertiary/aromatic N) is 2. The van der Waals surface area contributed by atoms with E-state index in [1.165, 1.54) is 5.56 Å². The summed E-state index contributed by atoms with van der Waals surface area (Å²) < 4.78 is 5.06. The van der Waals surface area contributed by atoms with E-state index >= 15 is 0 Å². The molecular weight excluding hydrogens is 284 g/mol. The molecule has 0 bridgehead atoms. The number of aliphatic imine (C=N–C) groups is 1. The van der Waals surface area contributed by atoms with Crippen LogP contribution < -0.4 is 10.6 Å². The van der Waals surface area contributed by atoms with Crippen LogP contribution in [0.3, 0.4) is 0 Å². The molecule has 0 radical (unpaired) electrons. The summed E-state index contributed by atoms with van der Waals surface area (Å²) in [6.45, 7) is 7.44. The van der Waals surface area contributed by atoms with Gasteiger partial charge in [0, 0.05) is 39.9 Å². The molecule has 0 aliphatic rings. The molecule has 21 heavy (non-hydrogen) atoms. The van der Waals surface area contributed by atoms with Crippen LogP contribution in [0, 0.1) is 0 Å². The summed E-state index contributed by atoms with van der Waals surface area (Å²) in [5.41, 5.74) is 1.26. The summed E-state index contributed by atoms with van der Waals surface area (Å²) in [6.07, 6.45) is 1.07. The third kappa shape index (κ3) is 8.70. The quantitative estimate of drug-likeness (QED) is 0.393. The number of rotatable bonds is 10. The van der Waals surface area contributed by atoms with E-state index in [4.69, 9.17) is 4.74 Å². The fraction of sp³-hybridized carbons (Fsp3) is 0.667. The first-order valence-corrected chi connectivity index (χ1v) is 8.41. The van der Waals surface area contributed by atoms with Gasteiger partial charge in [-0.25, -0.2) is 4.99 Å². The van der Waals surface area contributed by atoms with E-state index in [0.29, 0.717) is 0 Å². The zero-order valence-electron chi connectivity index (χ0n) is 13.4. The zero-order valence-corrected chi connectivity index (χ0v) is 14.2. The zero-order chi connectivity index (χ0) is 15.3. The number of thiophene rings is 1. The SMILES string of the molecule is CCNC(=NCc1ccsc1)NCCN(C)CCCOC. The molecule has 0 saturated carbocycles. The Kier molecular flexibility index (Phi) is 9.86. The smallest absolute Gasteiger partial charge is 0.191 e. The van der Waals surface area contributed by atoms with Crippen molar-refractivity contribution in [3.63, 3.8) is 0 Å². The normalized spacial score (nSPS) is 11.9. The standard InChI is InChI=1S/C15H28N4OS/c1-4-16-15(18-12-14-6-11-21-13-14)17-7-9-19(2)8-5-10-20-3/h6,11,13H,4-5,7-10,12H2,1-3H3,(H2,16,17,18). The average molecular weight is 312 g/mol. The van der Waals surface area contributed by atoms with Gasteiger partial charge in [0.05, 0.1) is 6.54 Å². The van der Waals surface area contributed by atoms with Gasteiger partial charge in [0.15, 0.2) is 5.96 Å². The second-order valence-corrected chi connectivity index (χ2v) is 5.68. The number of methoxy groups -OCH3 is 1. The summed E-state index contributed by atoms with van der Waals surface area (Å²) in [7, 11) is 3.88. The Morgan fingerprint density at radius 3 is 2.90 bits per heavy atom. The molecule has 1 heterocycles. The number of guanidine groups is 1. The molecule has 1 aromatic rings. The van der Waals surface area contributed by atoms with Gasteiger partial charge in [-0.15, -0.1) is 0 Å². The molecule has 0 aliphatic carbocycles. The highest BCUT2D eigenvalue weighted by Crippen LogP contribution is 2.06. The Labute approximate surface area is 132 Å². The van der Waals surface area contributed by atoms with Gasteiger partial charge in [-0.3, -0.25) is 0 Å². The van der Waals surface area contributed by atoms with Crippen LogP contribution in [-0.4, -0.2) is 57.8 Å². The molecule has 2 N–H and O–H groups in total. The van der Waals surface area contributed by atoms with Crippen molar-refractivity contribution in [3.8, 4) is 0 Å². The van der Waals surface area contributed by atoms with E-state index in [2.05, 4.69) is 51.3 Å². The van der Waals surface area contributed by atoms with Gasteiger partial charge < -0.3 is 20.3 Å². The molecule has 1 rings (SSSR count). The molecule has 0 unspecified atom stereocenters. The van der Waals surface area contributed by atoms with Crippen molar-refractivity contribution >= 4 is 17.3 Å². The van der Waals surface area contributed by atoms with Crippen molar-refractivity contribution in [2.24, 2.45) is 4.99 Å². The van der Waals surface area contributed by atoms with Crippen molar-refractivity contribution < 1.29 is 4.74 Å². The first-order valence-electron chi connectivity index (χ1n) is 7.47. The van der Waals surface area contributed by atoms with Gasteiger partial charge in [0.25, 0.3) is 0 Å². The lowest BCUT2D eigenvalue weighted by molar-refractivity contribution is 0.180. The molecule has 5 nitrogen and oxygen atoms in total. The summed E-state index contributed by atoms with van der Waals surface area (Å²) in [5.74, 6) is 0.883. The molecule has 0 fully saturated rings. The van der Waals surface area contributed by atoms with Crippen LogP contribution in [0.2, 0.25) is 0 Å². The highest BCUT2D eigenvalue weighted by Gasteiger charge is 2.00. The van der Waals surface area contributed by atoms with E-state index in [1.807, 2.05) is 0 Å². The highest BCUT2D eigenvalue weighted by molar-refractivity contribution is 7.07. The Morgan fingerprint density at radius 2 is 2.24 bits per heavy atom. The maximum absolute atomic E-state index is 5.06. The van der Waals surface area contributed by atoms with Crippen LogP contribution in [0.1, 0.15) is 18.9 Å². The van der Waals surface area contributed by atoms with Crippen molar-refractivity contribution in [2.75, 3.05) is 46.9 Å². The highest BCUT2D eigenvalue weighted by atomic mass is 32.1. The summed E-state index contributed by atoms with van der Waals surface area (Å²) in [5, 5.41) is 10.9. The summed E-state index contributed by atoms with van der Waals surface area (Å²) in [4.78, 5) is 6.89. The number of nitrogens with one attached hydrogen (secondary N) is 2. The molecule has 0 atom stereocenters.